The first-order valence-corrected chi connectivity index (χ1v) is 16.7. The Hall–Kier alpha value is -4.04. The Morgan fingerprint density at radius 2 is 1.53 bits per heavy atom. The summed E-state index contributed by atoms with van der Waals surface area (Å²) in [6.07, 6.45) is 6.81. The third-order valence-electron chi connectivity index (χ3n) is 8.61. The van der Waals surface area contributed by atoms with Crippen LogP contribution in [0.4, 0.5) is 10.5 Å². The second-order valence-electron chi connectivity index (χ2n) is 11.9. The van der Waals surface area contributed by atoms with Crippen LogP contribution < -0.4 is 10.7 Å². The second kappa shape index (κ2) is 16.3. The van der Waals surface area contributed by atoms with Crippen LogP contribution in [0, 0.1) is 0 Å². The standard InChI is InChI=1S/C37H47N3O5/c1-3-5-6-7-8-9-13-26-43-37(42)44-34(4-2)40-33-21-15-20-32(35(33)45-36(40)41)39-24-22-38(23-25-39)28-29-16-14-19-31(27-29)30-17-11-10-12-18-30/h10-12,14-21,27,34H,3-9,13,22-26,28H2,1-2H3. The molecule has 240 valence electrons. The number of hydrogen-bond acceptors (Lipinski definition) is 7. The van der Waals surface area contributed by atoms with Gasteiger partial charge in [-0.3, -0.25) is 4.90 Å². The molecule has 0 radical (unpaired) electrons. The predicted octanol–water partition coefficient (Wildman–Crippen LogP) is 8.40. The summed E-state index contributed by atoms with van der Waals surface area (Å²) >= 11 is 0. The van der Waals surface area contributed by atoms with Gasteiger partial charge < -0.3 is 18.8 Å². The molecule has 1 aromatic heterocycles. The molecule has 5 rings (SSSR count). The average Bonchev–Trinajstić information content (AvgIpc) is 3.41. The van der Waals surface area contributed by atoms with Gasteiger partial charge >= 0.3 is 11.9 Å². The van der Waals surface area contributed by atoms with Crippen molar-refractivity contribution in [1.29, 1.82) is 0 Å². The Labute approximate surface area is 266 Å². The average molecular weight is 614 g/mol. The zero-order valence-corrected chi connectivity index (χ0v) is 26.8. The largest absolute Gasteiger partial charge is 0.510 e. The fourth-order valence-corrected chi connectivity index (χ4v) is 6.13. The number of hydrogen-bond donors (Lipinski definition) is 0. The third-order valence-corrected chi connectivity index (χ3v) is 8.61. The number of aromatic nitrogens is 1. The molecule has 3 aromatic carbocycles. The van der Waals surface area contributed by atoms with Gasteiger partial charge in [-0.05, 0) is 41.3 Å². The molecule has 45 heavy (non-hydrogen) atoms. The lowest BCUT2D eigenvalue weighted by atomic mass is 10.0. The first-order chi connectivity index (χ1) is 22.1. The quantitative estimate of drug-likeness (QED) is 0.0984. The highest BCUT2D eigenvalue weighted by molar-refractivity contribution is 5.87. The van der Waals surface area contributed by atoms with Crippen molar-refractivity contribution in [2.45, 2.75) is 78.0 Å². The number of ether oxygens (including phenoxy) is 2. The number of fused-ring (bicyclic) bond motifs is 1. The number of piperazine rings is 1. The smallest absolute Gasteiger partial charge is 0.434 e. The molecule has 1 aliphatic rings. The Kier molecular flexibility index (Phi) is 11.7. The first-order valence-electron chi connectivity index (χ1n) is 16.7. The van der Waals surface area contributed by atoms with Gasteiger partial charge in [-0.2, -0.15) is 0 Å². The minimum Gasteiger partial charge on any atom is -0.434 e. The van der Waals surface area contributed by atoms with Gasteiger partial charge in [0.25, 0.3) is 0 Å². The molecular weight excluding hydrogens is 566 g/mol. The van der Waals surface area contributed by atoms with E-state index in [-0.39, 0.29) is 0 Å². The van der Waals surface area contributed by atoms with Crippen molar-refractivity contribution in [2.24, 2.45) is 0 Å². The summed E-state index contributed by atoms with van der Waals surface area (Å²) in [5.41, 5.74) is 5.76. The number of carbonyl (C=O) groups is 1. The maximum absolute atomic E-state index is 13.1. The van der Waals surface area contributed by atoms with Crippen molar-refractivity contribution in [3.8, 4) is 11.1 Å². The number of rotatable bonds is 15. The number of benzene rings is 3. The predicted molar refractivity (Wildman–Crippen MR) is 180 cm³/mol. The number of nitrogens with zero attached hydrogens (tertiary/aromatic N) is 3. The van der Waals surface area contributed by atoms with E-state index in [0.29, 0.717) is 24.1 Å². The van der Waals surface area contributed by atoms with E-state index >= 15 is 0 Å². The van der Waals surface area contributed by atoms with Crippen molar-refractivity contribution >= 4 is 22.9 Å². The number of oxazole rings is 1. The molecule has 1 unspecified atom stereocenters. The normalized spacial score (nSPS) is 14.5. The number of para-hydroxylation sites is 1. The van der Waals surface area contributed by atoms with Gasteiger partial charge in [0.2, 0.25) is 0 Å². The van der Waals surface area contributed by atoms with Crippen LogP contribution in [0.2, 0.25) is 0 Å². The van der Waals surface area contributed by atoms with Crippen LogP contribution in [-0.2, 0) is 16.0 Å². The molecule has 1 fully saturated rings. The van der Waals surface area contributed by atoms with E-state index in [1.54, 1.807) is 0 Å². The van der Waals surface area contributed by atoms with Gasteiger partial charge in [0, 0.05) is 39.1 Å². The lowest BCUT2D eigenvalue weighted by Crippen LogP contribution is -2.46. The highest BCUT2D eigenvalue weighted by atomic mass is 16.7. The second-order valence-corrected chi connectivity index (χ2v) is 11.9. The van der Waals surface area contributed by atoms with Crippen LogP contribution in [-0.4, -0.2) is 48.4 Å². The van der Waals surface area contributed by atoms with E-state index in [0.717, 1.165) is 57.7 Å². The Bertz CT molecular complexity index is 1560. The maximum Gasteiger partial charge on any atom is 0.510 e. The zero-order chi connectivity index (χ0) is 31.4. The molecular formula is C37H47N3O5. The highest BCUT2D eigenvalue weighted by Crippen LogP contribution is 2.30. The van der Waals surface area contributed by atoms with Crippen molar-refractivity contribution in [1.82, 2.24) is 9.47 Å². The molecule has 0 spiro atoms. The van der Waals surface area contributed by atoms with Gasteiger partial charge in [-0.25, -0.2) is 14.2 Å². The molecule has 2 heterocycles. The van der Waals surface area contributed by atoms with E-state index in [2.05, 4.69) is 65.3 Å². The molecule has 4 aromatic rings. The Balaban J connectivity index is 1.17. The summed E-state index contributed by atoms with van der Waals surface area (Å²) in [6, 6.07) is 25.0. The van der Waals surface area contributed by atoms with Gasteiger partial charge in [0.05, 0.1) is 17.8 Å². The van der Waals surface area contributed by atoms with E-state index in [1.807, 2.05) is 31.2 Å². The maximum atomic E-state index is 13.1. The SMILES string of the molecule is CCCCCCCCCOC(=O)OC(CC)n1c(=O)oc2c(N3CCN(Cc4cccc(-c5ccccc5)c4)CC3)cccc21. The lowest BCUT2D eigenvalue weighted by Gasteiger charge is -2.36. The minimum atomic E-state index is -0.806. The van der Waals surface area contributed by atoms with E-state index in [9.17, 15) is 9.59 Å². The number of unbranched alkanes of at least 4 members (excludes halogenated alkanes) is 6. The van der Waals surface area contributed by atoms with Crippen LogP contribution in [0.5, 0.6) is 0 Å². The van der Waals surface area contributed by atoms with Crippen molar-refractivity contribution in [2.75, 3.05) is 37.7 Å². The Morgan fingerprint density at radius 3 is 2.29 bits per heavy atom. The van der Waals surface area contributed by atoms with Crippen LogP contribution >= 0.6 is 0 Å². The van der Waals surface area contributed by atoms with E-state index in [1.165, 1.54) is 46.9 Å². The van der Waals surface area contributed by atoms with E-state index in [4.69, 9.17) is 13.9 Å². The Morgan fingerprint density at radius 1 is 0.822 bits per heavy atom. The molecule has 1 atom stereocenters. The topological polar surface area (TPSA) is 77.1 Å². The van der Waals surface area contributed by atoms with Crippen LogP contribution in [0.3, 0.4) is 0 Å². The summed E-state index contributed by atoms with van der Waals surface area (Å²) < 4.78 is 18.2. The molecule has 0 N–H and O–H groups in total. The molecule has 1 saturated heterocycles. The molecule has 1 aliphatic heterocycles. The van der Waals surface area contributed by atoms with Gasteiger partial charge in [-0.15, -0.1) is 0 Å². The zero-order valence-electron chi connectivity index (χ0n) is 26.8. The highest BCUT2D eigenvalue weighted by Gasteiger charge is 2.26. The minimum absolute atomic E-state index is 0.318. The number of carbonyl (C=O) groups excluding carboxylic acids is 1. The summed E-state index contributed by atoms with van der Waals surface area (Å²) in [5, 5.41) is 0. The third kappa shape index (κ3) is 8.57. The molecule has 0 amide bonds. The lowest BCUT2D eigenvalue weighted by molar-refractivity contribution is -0.00715. The van der Waals surface area contributed by atoms with Crippen LogP contribution in [0.15, 0.2) is 82.0 Å². The fraction of sp³-hybridized carbons (Fsp3) is 0.459. The fourth-order valence-electron chi connectivity index (χ4n) is 6.13. The summed E-state index contributed by atoms with van der Waals surface area (Å²) in [4.78, 5) is 30.3. The number of anilines is 1. The molecule has 0 aliphatic carbocycles. The molecule has 0 bridgehead atoms. The van der Waals surface area contributed by atoms with Gasteiger partial charge in [0.1, 0.15) is 0 Å². The van der Waals surface area contributed by atoms with Crippen LogP contribution in [0.25, 0.3) is 22.2 Å². The van der Waals surface area contributed by atoms with E-state index < -0.39 is 18.1 Å². The monoisotopic (exact) mass is 613 g/mol. The van der Waals surface area contributed by atoms with Crippen molar-refractivity contribution in [3.05, 3.63) is 88.9 Å². The van der Waals surface area contributed by atoms with Crippen LogP contribution in [0.1, 0.15) is 77.0 Å². The van der Waals surface area contributed by atoms with Gasteiger partial charge in [-0.1, -0.05) is 107 Å². The molecule has 8 heteroatoms. The summed E-state index contributed by atoms with van der Waals surface area (Å²) in [5.74, 6) is -0.541. The molecule has 8 nitrogen and oxygen atoms in total. The first kappa shape index (κ1) is 32.4. The summed E-state index contributed by atoms with van der Waals surface area (Å²) in [7, 11) is 0. The van der Waals surface area contributed by atoms with Crippen molar-refractivity contribution < 1.29 is 18.7 Å². The van der Waals surface area contributed by atoms with Crippen molar-refractivity contribution in [3.63, 3.8) is 0 Å². The summed E-state index contributed by atoms with van der Waals surface area (Å²) in [6.45, 7) is 8.69. The van der Waals surface area contributed by atoms with Gasteiger partial charge in [0.15, 0.2) is 11.8 Å². The molecule has 0 saturated carbocycles.